The highest BCUT2D eigenvalue weighted by atomic mass is 32.2. The Morgan fingerprint density at radius 3 is 2.43 bits per heavy atom. The van der Waals surface area contributed by atoms with E-state index in [1.165, 1.54) is 25.3 Å². The molecule has 3 rings (SSSR count). The van der Waals surface area contributed by atoms with Gasteiger partial charge in [0.2, 0.25) is 0 Å². The quantitative estimate of drug-likeness (QED) is 0.503. The predicted octanol–water partition coefficient (Wildman–Crippen LogP) is 1.96. The highest BCUT2D eigenvalue weighted by molar-refractivity contribution is 7.90. The van der Waals surface area contributed by atoms with Crippen LogP contribution >= 0.6 is 0 Å². The molecule has 0 radical (unpaired) electrons. The fraction of sp³-hybridized carbons (Fsp3) is 0.200. The Morgan fingerprint density at radius 2 is 1.82 bits per heavy atom. The van der Waals surface area contributed by atoms with E-state index in [0.29, 0.717) is 16.5 Å². The molecule has 1 aromatic heterocycles. The third-order valence-electron chi connectivity index (χ3n) is 4.37. The Balaban J connectivity index is 2.14. The topological polar surface area (TPSA) is 112 Å². The number of aliphatic imine (C=N–C) groups is 1. The number of carbonyl (C=O) groups is 1. The van der Waals surface area contributed by atoms with Gasteiger partial charge in [0, 0.05) is 18.0 Å². The largest absolute Gasteiger partial charge is 0.862 e. The number of aryl methyl sites for hydroxylation is 1. The molecule has 28 heavy (non-hydrogen) atoms. The van der Waals surface area contributed by atoms with Crippen LogP contribution in [0, 0.1) is 6.92 Å². The molecule has 1 unspecified atom stereocenters. The van der Waals surface area contributed by atoms with Crippen molar-refractivity contribution in [2.75, 3.05) is 0 Å². The molecule has 1 heterocycles. The summed E-state index contributed by atoms with van der Waals surface area (Å²) in [5.41, 5.74) is 1.86. The molecule has 146 valence electrons. The Morgan fingerprint density at radius 1 is 1.18 bits per heavy atom. The number of para-hydroxylation sites is 1. The smallest absolute Gasteiger partial charge is 0.328 e. The normalized spacial score (nSPS) is 13.6. The Kier molecular flexibility index (Phi) is 5.24. The van der Waals surface area contributed by atoms with Crippen molar-refractivity contribution in [1.29, 1.82) is 0 Å². The summed E-state index contributed by atoms with van der Waals surface area (Å²) in [6, 6.07) is 12.0. The maximum atomic E-state index is 13.1. The fourth-order valence-electron chi connectivity index (χ4n) is 3.02. The van der Waals surface area contributed by atoms with Crippen LogP contribution in [0.5, 0.6) is 0 Å². The summed E-state index contributed by atoms with van der Waals surface area (Å²) in [7, 11) is -3.87. The number of benzene rings is 2. The van der Waals surface area contributed by atoms with Crippen LogP contribution in [-0.4, -0.2) is 35.4 Å². The molecule has 0 spiro atoms. The lowest BCUT2D eigenvalue weighted by Gasteiger charge is -2.11. The minimum atomic E-state index is -3.87. The molecule has 1 N–H and O–H groups in total. The molecule has 0 bridgehead atoms. The van der Waals surface area contributed by atoms with Crippen molar-refractivity contribution in [1.82, 2.24) is 3.97 Å². The zero-order chi connectivity index (χ0) is 20.5. The van der Waals surface area contributed by atoms with Crippen molar-refractivity contribution in [3.05, 3.63) is 65.9 Å². The number of nitrogens with zero attached hydrogens (tertiary/aromatic N) is 2. The van der Waals surface area contributed by atoms with Crippen molar-refractivity contribution in [3.63, 3.8) is 0 Å². The standard InChI is InChI=1S/C20H20N2O5S/c1-13-7-9-16(10-8-13)28(26,27)22-12-15(17-5-3-4-6-19(17)22)11-18(20(24)25)21-14(2)23/h3-10,12,18H,11H2,1-2H3,(H,21,23)(H,24,25)/p-1. The van der Waals surface area contributed by atoms with Gasteiger partial charge in [-0.1, -0.05) is 35.9 Å². The first-order chi connectivity index (χ1) is 13.2. The van der Waals surface area contributed by atoms with Crippen LogP contribution in [0.4, 0.5) is 0 Å². The van der Waals surface area contributed by atoms with Gasteiger partial charge in [-0.05, 0) is 43.5 Å². The molecule has 0 aliphatic carbocycles. The molecule has 0 fully saturated rings. The molecule has 2 aromatic carbocycles. The lowest BCUT2D eigenvalue weighted by molar-refractivity contribution is -0.216. The summed E-state index contributed by atoms with van der Waals surface area (Å²) in [5, 5.41) is 21.2. The second kappa shape index (κ2) is 7.47. The van der Waals surface area contributed by atoms with Gasteiger partial charge in [0.05, 0.1) is 10.4 Å². The van der Waals surface area contributed by atoms with E-state index in [1.54, 1.807) is 36.4 Å². The van der Waals surface area contributed by atoms with Gasteiger partial charge >= 0.3 is 5.97 Å². The van der Waals surface area contributed by atoms with Crippen LogP contribution in [0.2, 0.25) is 0 Å². The molecule has 0 aliphatic rings. The zero-order valence-corrected chi connectivity index (χ0v) is 16.2. The molecule has 3 aromatic rings. The Hall–Kier alpha value is -3.13. The number of fused-ring (bicyclic) bond motifs is 1. The molecule has 8 heteroatoms. The minimum Gasteiger partial charge on any atom is -0.862 e. The third kappa shape index (κ3) is 3.77. The van der Waals surface area contributed by atoms with Crippen molar-refractivity contribution < 1.29 is 23.4 Å². The molecule has 0 amide bonds. The summed E-state index contributed by atoms with van der Waals surface area (Å²) in [6.45, 7) is 3.05. The molecule has 7 nitrogen and oxygen atoms in total. The maximum absolute atomic E-state index is 13.1. The number of rotatable bonds is 6. The predicted molar refractivity (Wildman–Crippen MR) is 104 cm³/mol. The highest BCUT2D eigenvalue weighted by Crippen LogP contribution is 2.27. The monoisotopic (exact) mass is 399 g/mol. The van der Waals surface area contributed by atoms with E-state index in [9.17, 15) is 23.4 Å². The van der Waals surface area contributed by atoms with Gasteiger partial charge in [0.25, 0.3) is 10.0 Å². The minimum absolute atomic E-state index is 0.0914. The van der Waals surface area contributed by atoms with E-state index < -0.39 is 27.9 Å². The number of carboxylic acid groups (broad SMARTS) is 1. The lowest BCUT2D eigenvalue weighted by Crippen LogP contribution is -2.25. The number of aromatic nitrogens is 1. The van der Waals surface area contributed by atoms with Crippen LogP contribution in [0.1, 0.15) is 18.1 Å². The first-order valence-corrected chi connectivity index (χ1v) is 9.99. The molecule has 0 saturated carbocycles. The van der Waals surface area contributed by atoms with Crippen LogP contribution in [-0.2, 0) is 21.2 Å². The van der Waals surface area contributed by atoms with Crippen molar-refractivity contribution in [2.45, 2.75) is 31.2 Å². The summed E-state index contributed by atoms with van der Waals surface area (Å²) < 4.78 is 27.4. The van der Waals surface area contributed by atoms with E-state index in [1.807, 2.05) is 6.92 Å². The summed E-state index contributed by atoms with van der Waals surface area (Å²) in [4.78, 5) is 15.2. The van der Waals surface area contributed by atoms with Crippen molar-refractivity contribution in [3.8, 4) is 0 Å². The molecular weight excluding hydrogens is 380 g/mol. The highest BCUT2D eigenvalue weighted by Gasteiger charge is 2.24. The molecule has 1 atom stereocenters. The average molecular weight is 399 g/mol. The van der Waals surface area contributed by atoms with Gasteiger partial charge in [0.1, 0.15) is 6.04 Å². The van der Waals surface area contributed by atoms with Crippen LogP contribution < -0.4 is 5.11 Å². The van der Waals surface area contributed by atoms with Gasteiger partial charge in [-0.15, -0.1) is 0 Å². The van der Waals surface area contributed by atoms with Gasteiger partial charge in [0.15, 0.2) is 0 Å². The van der Waals surface area contributed by atoms with Crippen molar-refractivity contribution in [2.24, 2.45) is 4.99 Å². The lowest BCUT2D eigenvalue weighted by atomic mass is 10.1. The van der Waals surface area contributed by atoms with Gasteiger partial charge in [-0.2, -0.15) is 0 Å². The number of carboxylic acids is 1. The number of aliphatic carboxylic acids is 1. The Bertz CT molecular complexity index is 1160. The van der Waals surface area contributed by atoms with Gasteiger partial charge < -0.3 is 10.2 Å². The average Bonchev–Trinajstić information content (AvgIpc) is 3.01. The van der Waals surface area contributed by atoms with Gasteiger partial charge in [-0.3, -0.25) is 4.99 Å². The fourth-order valence-corrected chi connectivity index (χ4v) is 4.41. The first kappa shape index (κ1) is 19.6. The Labute approximate surface area is 162 Å². The van der Waals surface area contributed by atoms with Crippen LogP contribution in [0.15, 0.2) is 64.6 Å². The second-order valence-corrected chi connectivity index (χ2v) is 8.31. The van der Waals surface area contributed by atoms with Crippen LogP contribution in [0.3, 0.4) is 0 Å². The SMILES string of the molecule is CC([O-])=NC(Cc1cn(S(=O)(=O)c2ccc(C)cc2)c2ccccc12)C(=O)O. The summed E-state index contributed by atoms with van der Waals surface area (Å²) in [5.74, 6) is -1.84. The van der Waals surface area contributed by atoms with E-state index in [2.05, 4.69) is 4.99 Å². The summed E-state index contributed by atoms with van der Waals surface area (Å²) >= 11 is 0. The zero-order valence-electron chi connectivity index (χ0n) is 15.4. The summed E-state index contributed by atoms with van der Waals surface area (Å²) in [6.07, 6.45) is 1.32. The first-order valence-electron chi connectivity index (χ1n) is 8.55. The van der Waals surface area contributed by atoms with E-state index >= 15 is 0 Å². The molecular formula is C20H19N2O5S-. The number of hydrogen-bond donors (Lipinski definition) is 1. The third-order valence-corrected chi connectivity index (χ3v) is 6.06. The van der Waals surface area contributed by atoms with Crippen molar-refractivity contribution >= 4 is 32.8 Å². The number of hydrogen-bond acceptors (Lipinski definition) is 5. The van der Waals surface area contributed by atoms with Crippen LogP contribution in [0.25, 0.3) is 10.9 Å². The van der Waals surface area contributed by atoms with Gasteiger partial charge in [-0.25, -0.2) is 17.2 Å². The molecule has 0 aliphatic heterocycles. The second-order valence-electron chi connectivity index (χ2n) is 6.49. The molecule has 0 saturated heterocycles. The maximum Gasteiger partial charge on any atom is 0.328 e. The van der Waals surface area contributed by atoms with E-state index in [4.69, 9.17) is 0 Å². The van der Waals surface area contributed by atoms with E-state index in [0.717, 1.165) is 9.54 Å². The van der Waals surface area contributed by atoms with E-state index in [-0.39, 0.29) is 11.3 Å².